The maximum Gasteiger partial charge on any atom is 0.0984 e. The second kappa shape index (κ2) is 5.77. The number of aromatic nitrogens is 2. The van der Waals surface area contributed by atoms with Gasteiger partial charge in [0, 0.05) is 25.7 Å². The molecule has 2 atom stereocenters. The Morgan fingerprint density at radius 1 is 1.40 bits per heavy atom. The van der Waals surface area contributed by atoms with Gasteiger partial charge in [-0.1, -0.05) is 24.3 Å². The van der Waals surface area contributed by atoms with E-state index in [1.54, 1.807) is 0 Å². The summed E-state index contributed by atoms with van der Waals surface area (Å²) in [6.07, 6.45) is 3.97. The van der Waals surface area contributed by atoms with Crippen molar-refractivity contribution in [3.05, 3.63) is 53.3 Å². The number of aryl methyl sites for hydroxylation is 1. The lowest BCUT2D eigenvalue weighted by Crippen LogP contribution is -2.38. The van der Waals surface area contributed by atoms with Crippen LogP contribution in [0.15, 0.2) is 36.5 Å². The van der Waals surface area contributed by atoms with Crippen molar-refractivity contribution >= 4 is 0 Å². The molecule has 1 aliphatic rings. The van der Waals surface area contributed by atoms with E-state index in [0.717, 1.165) is 25.1 Å². The number of benzene rings is 1. The van der Waals surface area contributed by atoms with E-state index in [1.165, 1.54) is 11.1 Å². The Bertz CT molecular complexity index is 579. The van der Waals surface area contributed by atoms with Crippen LogP contribution >= 0.6 is 0 Å². The number of nitrogens with one attached hydrogen (secondary N) is 1. The summed E-state index contributed by atoms with van der Waals surface area (Å²) < 4.78 is 7.88. The van der Waals surface area contributed by atoms with E-state index >= 15 is 0 Å². The zero-order valence-electron chi connectivity index (χ0n) is 12.0. The molecular weight excluding hydrogens is 250 g/mol. The predicted octanol–water partition coefficient (Wildman–Crippen LogP) is 1.86. The highest BCUT2D eigenvalue weighted by Gasteiger charge is 2.28. The molecule has 0 bridgehead atoms. The number of hydrogen-bond acceptors (Lipinski definition) is 3. The molecule has 0 fully saturated rings. The van der Waals surface area contributed by atoms with Gasteiger partial charge in [0.05, 0.1) is 18.4 Å². The second-order valence-electron chi connectivity index (χ2n) is 5.32. The standard InChI is InChI=1S/C16H21N3O/c1-17-15(11-13-7-9-19(2)18-13)16-14-6-4-3-5-12(14)8-10-20-16/h3-7,9,15-17H,8,10-11H2,1-2H3. The molecule has 20 heavy (non-hydrogen) atoms. The SMILES string of the molecule is CNC(Cc1ccn(C)n1)C1OCCc2ccccc21. The lowest BCUT2D eigenvalue weighted by Gasteiger charge is -2.32. The second-order valence-corrected chi connectivity index (χ2v) is 5.32. The topological polar surface area (TPSA) is 39.1 Å². The summed E-state index contributed by atoms with van der Waals surface area (Å²) in [5, 5.41) is 7.87. The van der Waals surface area contributed by atoms with Crippen molar-refractivity contribution in [3.8, 4) is 0 Å². The van der Waals surface area contributed by atoms with Crippen molar-refractivity contribution in [2.45, 2.75) is 25.0 Å². The average molecular weight is 271 g/mol. The van der Waals surface area contributed by atoms with Crippen LogP contribution in [0.25, 0.3) is 0 Å². The first-order valence-corrected chi connectivity index (χ1v) is 7.13. The Morgan fingerprint density at radius 3 is 3.00 bits per heavy atom. The number of rotatable bonds is 4. The summed E-state index contributed by atoms with van der Waals surface area (Å²) in [6, 6.07) is 10.9. The third-order valence-electron chi connectivity index (χ3n) is 3.96. The van der Waals surface area contributed by atoms with Gasteiger partial charge in [-0.25, -0.2) is 0 Å². The molecule has 0 saturated carbocycles. The molecular formula is C16H21N3O. The van der Waals surface area contributed by atoms with E-state index in [9.17, 15) is 0 Å². The summed E-state index contributed by atoms with van der Waals surface area (Å²) >= 11 is 0. The van der Waals surface area contributed by atoms with Crippen LogP contribution in [0.1, 0.15) is 22.9 Å². The zero-order chi connectivity index (χ0) is 13.9. The van der Waals surface area contributed by atoms with Gasteiger partial charge in [0.1, 0.15) is 0 Å². The first kappa shape index (κ1) is 13.3. The highest BCUT2D eigenvalue weighted by molar-refractivity contribution is 5.32. The molecule has 1 N–H and O–H groups in total. The van der Waals surface area contributed by atoms with Crippen LogP contribution in [0.2, 0.25) is 0 Å². The molecule has 4 nitrogen and oxygen atoms in total. The van der Waals surface area contributed by atoms with Crippen LogP contribution in [0, 0.1) is 0 Å². The Morgan fingerprint density at radius 2 is 2.25 bits per heavy atom. The molecule has 0 amide bonds. The molecule has 1 aromatic carbocycles. The minimum Gasteiger partial charge on any atom is -0.372 e. The highest BCUT2D eigenvalue weighted by Crippen LogP contribution is 2.30. The van der Waals surface area contributed by atoms with Gasteiger partial charge in [0.2, 0.25) is 0 Å². The minimum atomic E-state index is 0.104. The van der Waals surface area contributed by atoms with Crippen molar-refractivity contribution in [2.75, 3.05) is 13.7 Å². The van der Waals surface area contributed by atoms with E-state index in [1.807, 2.05) is 25.0 Å². The monoisotopic (exact) mass is 271 g/mol. The van der Waals surface area contributed by atoms with E-state index in [-0.39, 0.29) is 12.1 Å². The molecule has 0 aliphatic carbocycles. The molecule has 3 rings (SSSR count). The van der Waals surface area contributed by atoms with E-state index in [2.05, 4.69) is 40.7 Å². The van der Waals surface area contributed by atoms with Gasteiger partial charge in [-0.15, -0.1) is 0 Å². The van der Waals surface area contributed by atoms with Gasteiger partial charge >= 0.3 is 0 Å². The Balaban J connectivity index is 1.83. The van der Waals surface area contributed by atoms with Crippen LogP contribution < -0.4 is 5.32 Å². The first-order valence-electron chi connectivity index (χ1n) is 7.13. The quantitative estimate of drug-likeness (QED) is 0.922. The third-order valence-corrected chi connectivity index (χ3v) is 3.96. The van der Waals surface area contributed by atoms with Crippen LogP contribution in [0.3, 0.4) is 0 Å². The van der Waals surface area contributed by atoms with Crippen molar-refractivity contribution in [1.29, 1.82) is 0 Å². The summed E-state index contributed by atoms with van der Waals surface area (Å²) in [7, 11) is 3.94. The van der Waals surface area contributed by atoms with Crippen molar-refractivity contribution in [2.24, 2.45) is 7.05 Å². The Labute approximate surface area is 119 Å². The van der Waals surface area contributed by atoms with Crippen LogP contribution in [-0.2, 0) is 24.6 Å². The summed E-state index contributed by atoms with van der Waals surface area (Å²) in [6.45, 7) is 0.794. The Kier molecular flexibility index (Phi) is 3.85. The molecule has 0 saturated heterocycles. The summed E-state index contributed by atoms with van der Waals surface area (Å²) in [5.41, 5.74) is 3.82. The normalized spacial score (nSPS) is 19.6. The molecule has 4 heteroatoms. The van der Waals surface area contributed by atoms with Crippen LogP contribution in [0.4, 0.5) is 0 Å². The van der Waals surface area contributed by atoms with Crippen molar-refractivity contribution < 1.29 is 4.74 Å². The molecule has 0 spiro atoms. The van der Waals surface area contributed by atoms with E-state index in [4.69, 9.17) is 4.74 Å². The molecule has 2 unspecified atom stereocenters. The predicted molar refractivity (Wildman–Crippen MR) is 78.6 cm³/mol. The Hall–Kier alpha value is -1.65. The van der Waals surface area contributed by atoms with Gasteiger partial charge in [-0.3, -0.25) is 4.68 Å². The van der Waals surface area contributed by atoms with E-state index in [0.29, 0.717) is 0 Å². The van der Waals surface area contributed by atoms with Crippen molar-refractivity contribution in [3.63, 3.8) is 0 Å². The summed E-state index contributed by atoms with van der Waals surface area (Å²) in [4.78, 5) is 0. The largest absolute Gasteiger partial charge is 0.372 e. The number of hydrogen-bond donors (Lipinski definition) is 1. The number of ether oxygens (including phenoxy) is 1. The maximum absolute atomic E-state index is 6.04. The molecule has 2 heterocycles. The molecule has 0 radical (unpaired) electrons. The van der Waals surface area contributed by atoms with Gasteiger partial charge in [-0.05, 0) is 30.7 Å². The minimum absolute atomic E-state index is 0.104. The highest BCUT2D eigenvalue weighted by atomic mass is 16.5. The lowest BCUT2D eigenvalue weighted by molar-refractivity contribution is 0.0170. The van der Waals surface area contributed by atoms with Gasteiger partial charge in [0.15, 0.2) is 0 Å². The van der Waals surface area contributed by atoms with Gasteiger partial charge in [-0.2, -0.15) is 5.10 Å². The molecule has 1 aromatic heterocycles. The van der Waals surface area contributed by atoms with E-state index < -0.39 is 0 Å². The first-order chi connectivity index (χ1) is 9.78. The molecule has 1 aliphatic heterocycles. The number of fused-ring (bicyclic) bond motifs is 1. The van der Waals surface area contributed by atoms with Gasteiger partial charge < -0.3 is 10.1 Å². The molecule has 2 aromatic rings. The van der Waals surface area contributed by atoms with Crippen LogP contribution in [0.5, 0.6) is 0 Å². The van der Waals surface area contributed by atoms with Crippen molar-refractivity contribution in [1.82, 2.24) is 15.1 Å². The number of likely N-dealkylation sites (N-methyl/N-ethyl adjacent to an activating group) is 1. The lowest BCUT2D eigenvalue weighted by atomic mass is 9.91. The van der Waals surface area contributed by atoms with Crippen LogP contribution in [-0.4, -0.2) is 29.5 Å². The van der Waals surface area contributed by atoms with Gasteiger partial charge in [0.25, 0.3) is 0 Å². The number of nitrogens with zero attached hydrogens (tertiary/aromatic N) is 2. The maximum atomic E-state index is 6.04. The fraction of sp³-hybridized carbons (Fsp3) is 0.438. The fourth-order valence-electron chi connectivity index (χ4n) is 2.92. The fourth-order valence-corrected chi connectivity index (χ4v) is 2.92. The molecule has 106 valence electrons. The summed E-state index contributed by atoms with van der Waals surface area (Å²) in [5.74, 6) is 0. The smallest absolute Gasteiger partial charge is 0.0984 e. The average Bonchev–Trinajstić information content (AvgIpc) is 2.89. The zero-order valence-corrected chi connectivity index (χ0v) is 12.0. The third kappa shape index (κ3) is 2.62.